The second-order valence-corrected chi connectivity index (χ2v) is 4.35. The number of hydrogen-bond donors (Lipinski definition) is 2. The summed E-state index contributed by atoms with van der Waals surface area (Å²) in [6, 6.07) is 2.14. The summed E-state index contributed by atoms with van der Waals surface area (Å²) < 4.78 is 31.8. The summed E-state index contributed by atoms with van der Waals surface area (Å²) >= 11 is 2.98. The quantitative estimate of drug-likeness (QED) is 0.810. The number of phenols is 1. The smallest absolute Gasteiger partial charge is 0.379 e. The van der Waals surface area contributed by atoms with Crippen LogP contribution in [-0.4, -0.2) is 23.6 Å². The summed E-state index contributed by atoms with van der Waals surface area (Å²) in [5.74, 6) is -6.04. The number of rotatable bonds is 4. The van der Waals surface area contributed by atoms with E-state index in [9.17, 15) is 18.7 Å². The van der Waals surface area contributed by atoms with E-state index >= 15 is 0 Å². The third kappa shape index (κ3) is 3.77. The van der Waals surface area contributed by atoms with E-state index in [0.717, 1.165) is 0 Å². The molecule has 1 aromatic rings. The Bertz CT molecular complexity index is 460. The molecule has 0 aromatic heterocycles. The van der Waals surface area contributed by atoms with E-state index in [4.69, 9.17) is 5.73 Å². The van der Waals surface area contributed by atoms with Crippen LogP contribution in [0, 0.1) is 0 Å². The van der Waals surface area contributed by atoms with Crippen molar-refractivity contribution in [1.82, 2.24) is 0 Å². The second-order valence-electron chi connectivity index (χ2n) is 3.50. The Morgan fingerprint density at radius 1 is 1.58 bits per heavy atom. The molecule has 0 bridgehead atoms. The number of carbonyl (C=O) groups is 1. The first-order chi connectivity index (χ1) is 8.32. The number of aromatic hydroxyl groups is 1. The molecule has 0 spiro atoms. The van der Waals surface area contributed by atoms with Crippen LogP contribution < -0.4 is 5.73 Å². The number of benzene rings is 1. The van der Waals surface area contributed by atoms with Crippen LogP contribution in [0.4, 0.5) is 8.78 Å². The van der Waals surface area contributed by atoms with E-state index in [0.29, 0.717) is 0 Å². The topological polar surface area (TPSA) is 72.5 Å². The molecule has 0 fully saturated rings. The molecular weight excluding hydrogens is 347 g/mol. The van der Waals surface area contributed by atoms with E-state index in [1.54, 1.807) is 0 Å². The van der Waals surface area contributed by atoms with Crippen LogP contribution in [0.3, 0.4) is 0 Å². The number of ether oxygens (including phenoxy) is 1. The number of hydrogen-bond acceptors (Lipinski definition) is 4. The maximum absolute atomic E-state index is 13.7. The Balaban J connectivity index is 0.00000324. The van der Waals surface area contributed by atoms with Crippen LogP contribution in [0.5, 0.6) is 5.75 Å². The van der Waals surface area contributed by atoms with Crippen molar-refractivity contribution in [3.05, 3.63) is 28.2 Å². The summed E-state index contributed by atoms with van der Waals surface area (Å²) in [7, 11) is 0. The molecule has 1 rings (SSSR count). The molecule has 0 aliphatic carbocycles. The maximum atomic E-state index is 13.7. The van der Waals surface area contributed by atoms with E-state index < -0.39 is 23.7 Å². The Morgan fingerprint density at radius 2 is 2.16 bits per heavy atom. The molecule has 8 heteroatoms. The third-order valence-electron chi connectivity index (χ3n) is 2.29. The first-order valence-corrected chi connectivity index (χ1v) is 5.89. The molecule has 0 aliphatic heterocycles. The normalized spacial score (nSPS) is 12.5. The number of carbonyl (C=O) groups excluding carboxylic acids is 1. The highest BCUT2D eigenvalue weighted by molar-refractivity contribution is 9.10. The second kappa shape index (κ2) is 7.02. The summed E-state index contributed by atoms with van der Waals surface area (Å²) in [4.78, 5) is 11.1. The minimum Gasteiger partial charge on any atom is -0.506 e. The van der Waals surface area contributed by atoms with E-state index in [1.165, 1.54) is 25.1 Å². The van der Waals surface area contributed by atoms with Crippen LogP contribution in [0.2, 0.25) is 0 Å². The molecule has 1 aromatic carbocycles. The van der Waals surface area contributed by atoms with Crippen molar-refractivity contribution in [3.63, 3.8) is 0 Å². The van der Waals surface area contributed by atoms with Gasteiger partial charge in [-0.15, -0.1) is 12.4 Å². The monoisotopic (exact) mass is 359 g/mol. The van der Waals surface area contributed by atoms with Crippen LogP contribution >= 0.6 is 28.3 Å². The van der Waals surface area contributed by atoms with Gasteiger partial charge in [0.05, 0.1) is 11.1 Å². The molecule has 1 atom stereocenters. The van der Waals surface area contributed by atoms with Gasteiger partial charge in [-0.05, 0) is 28.9 Å². The van der Waals surface area contributed by atoms with Crippen LogP contribution in [-0.2, 0) is 9.53 Å². The number of halogens is 4. The van der Waals surface area contributed by atoms with Crippen molar-refractivity contribution >= 4 is 34.3 Å². The molecule has 4 nitrogen and oxygen atoms in total. The first kappa shape index (κ1) is 18.1. The highest BCUT2D eigenvalue weighted by atomic mass is 79.9. The molecule has 0 amide bonds. The van der Waals surface area contributed by atoms with Gasteiger partial charge >= 0.3 is 11.9 Å². The molecule has 108 valence electrons. The lowest BCUT2D eigenvalue weighted by molar-refractivity contribution is -0.174. The minimum atomic E-state index is -3.91. The van der Waals surface area contributed by atoms with Crippen LogP contribution in [0.15, 0.2) is 22.7 Å². The van der Waals surface area contributed by atoms with Crippen LogP contribution in [0.1, 0.15) is 18.5 Å². The van der Waals surface area contributed by atoms with Gasteiger partial charge in [0.25, 0.3) is 0 Å². The Hall–Kier alpha value is -0.920. The van der Waals surface area contributed by atoms with Crippen LogP contribution in [0.25, 0.3) is 0 Å². The Morgan fingerprint density at radius 3 is 2.68 bits per heavy atom. The fourth-order valence-corrected chi connectivity index (χ4v) is 1.71. The highest BCUT2D eigenvalue weighted by Gasteiger charge is 2.48. The molecule has 0 radical (unpaired) electrons. The minimum absolute atomic E-state index is 0. The predicted octanol–water partition coefficient (Wildman–Crippen LogP) is 2.77. The van der Waals surface area contributed by atoms with Gasteiger partial charge in [-0.3, -0.25) is 0 Å². The fourth-order valence-electron chi connectivity index (χ4n) is 1.33. The van der Waals surface area contributed by atoms with Gasteiger partial charge in [-0.2, -0.15) is 8.78 Å². The van der Waals surface area contributed by atoms with Crippen molar-refractivity contribution in [2.45, 2.75) is 18.9 Å². The van der Waals surface area contributed by atoms with Gasteiger partial charge < -0.3 is 15.6 Å². The molecule has 0 saturated carbocycles. The Kier molecular flexibility index (Phi) is 6.68. The fraction of sp³-hybridized carbons (Fsp3) is 0.364. The molecule has 19 heavy (non-hydrogen) atoms. The van der Waals surface area contributed by atoms with Crippen molar-refractivity contribution in [2.24, 2.45) is 5.73 Å². The zero-order chi connectivity index (χ0) is 13.9. The maximum Gasteiger partial charge on any atom is 0.379 e. The third-order valence-corrected chi connectivity index (χ3v) is 2.93. The zero-order valence-corrected chi connectivity index (χ0v) is 12.3. The summed E-state index contributed by atoms with van der Waals surface area (Å²) in [5.41, 5.74) is 5.11. The lowest BCUT2D eigenvalue weighted by atomic mass is 10.0. The van der Waals surface area contributed by atoms with E-state index in [2.05, 4.69) is 20.7 Å². The number of nitrogens with two attached hydrogens (primary N) is 1. The largest absolute Gasteiger partial charge is 0.506 e. The van der Waals surface area contributed by atoms with Gasteiger partial charge in [-0.1, -0.05) is 12.1 Å². The number of para-hydroxylation sites is 1. The van der Waals surface area contributed by atoms with Gasteiger partial charge in [0.1, 0.15) is 11.8 Å². The molecular formula is C11H13BrClF2NO3. The van der Waals surface area contributed by atoms with Gasteiger partial charge in [0.15, 0.2) is 0 Å². The lowest BCUT2D eigenvalue weighted by Gasteiger charge is -2.22. The first-order valence-electron chi connectivity index (χ1n) is 5.10. The predicted molar refractivity (Wildman–Crippen MR) is 71.6 cm³/mol. The van der Waals surface area contributed by atoms with Gasteiger partial charge in [0, 0.05) is 5.56 Å². The highest BCUT2D eigenvalue weighted by Crippen LogP contribution is 2.38. The SMILES string of the molecule is CCOC(=O)C(F)(F)[C@H](N)c1cccc(Br)c1O.Cl. The average Bonchev–Trinajstić information content (AvgIpc) is 2.32. The number of alkyl halides is 2. The van der Waals surface area contributed by atoms with Crippen molar-refractivity contribution in [2.75, 3.05) is 6.61 Å². The average molecular weight is 361 g/mol. The van der Waals surface area contributed by atoms with E-state index in [-0.39, 0.29) is 29.1 Å². The summed E-state index contributed by atoms with van der Waals surface area (Å²) in [6.07, 6.45) is 0. The molecule has 0 saturated heterocycles. The lowest BCUT2D eigenvalue weighted by Crippen LogP contribution is -2.41. The molecule has 0 heterocycles. The van der Waals surface area contributed by atoms with Crippen molar-refractivity contribution < 1.29 is 23.4 Å². The summed E-state index contributed by atoms with van der Waals surface area (Å²) in [5, 5.41) is 9.63. The van der Waals surface area contributed by atoms with Gasteiger partial charge in [0.2, 0.25) is 0 Å². The Labute approximate surface area is 123 Å². The van der Waals surface area contributed by atoms with Gasteiger partial charge in [-0.25, -0.2) is 4.79 Å². The standard InChI is InChI=1S/C11H12BrF2NO3.ClH/c1-2-18-10(17)11(13,14)9(15)6-4-3-5-7(12)8(6)16;/h3-5,9,16H,2,15H2,1H3;1H/t9-;/m1./s1. The van der Waals surface area contributed by atoms with E-state index in [1.807, 2.05) is 0 Å². The molecule has 0 aliphatic rings. The van der Waals surface area contributed by atoms with Crippen molar-refractivity contribution in [1.29, 1.82) is 0 Å². The zero-order valence-electron chi connectivity index (χ0n) is 9.90. The van der Waals surface area contributed by atoms with Crippen molar-refractivity contribution in [3.8, 4) is 5.75 Å². The molecule has 3 N–H and O–H groups in total. The summed E-state index contributed by atoms with van der Waals surface area (Å²) in [6.45, 7) is 1.24. The molecule has 0 unspecified atom stereocenters. The number of esters is 1. The number of phenolic OH excluding ortho intramolecular Hbond substituents is 1.